The molecule has 3 heterocycles. The zero-order valence-corrected chi connectivity index (χ0v) is 18.4. The van der Waals surface area contributed by atoms with Crippen LogP contribution < -0.4 is 15.4 Å². The molecule has 2 aliphatic rings. The first kappa shape index (κ1) is 24.0. The molecule has 4 N–H and O–H groups in total. The fourth-order valence-electron chi connectivity index (χ4n) is 3.87. The Kier molecular flexibility index (Phi) is 6.61. The lowest BCUT2D eigenvalue weighted by Crippen LogP contribution is -2.39. The van der Waals surface area contributed by atoms with Crippen LogP contribution in [0.5, 0.6) is 11.5 Å². The molecule has 35 heavy (non-hydrogen) atoms. The minimum Gasteiger partial charge on any atom is -0.475 e. The van der Waals surface area contributed by atoms with Gasteiger partial charge < -0.3 is 20.5 Å². The van der Waals surface area contributed by atoms with Gasteiger partial charge in [0.2, 0.25) is 0 Å². The number of aryl methyl sites for hydroxylation is 1. The smallest absolute Gasteiger partial charge is 0.475 e. The summed E-state index contributed by atoms with van der Waals surface area (Å²) in [5.41, 5.74) is 4.87. The summed E-state index contributed by atoms with van der Waals surface area (Å²) in [6.07, 6.45) is -3.22. The Bertz CT molecular complexity index is 1280. The maximum Gasteiger partial charge on any atom is 0.490 e. The number of carboxylic acid groups (broad SMARTS) is 1. The molecule has 0 spiro atoms. The van der Waals surface area contributed by atoms with Crippen LogP contribution in [-0.4, -0.2) is 46.3 Å². The number of carboxylic acids is 1. The maximum absolute atomic E-state index is 12.7. The number of anilines is 1. The average molecular weight is 486 g/mol. The Balaban J connectivity index is 0.000000364. The highest BCUT2D eigenvalue weighted by atomic mass is 19.4. The highest BCUT2D eigenvalue weighted by Crippen LogP contribution is 2.42. The van der Waals surface area contributed by atoms with Crippen LogP contribution in [0.4, 0.5) is 19.0 Å². The molecule has 1 atom stereocenters. The number of hydrogen-bond acceptors (Lipinski definition) is 6. The molecular formula is C24H21F3N4O4. The molecule has 2 aromatic carbocycles. The van der Waals surface area contributed by atoms with Crippen molar-refractivity contribution in [3.8, 4) is 11.5 Å². The molecule has 8 nitrogen and oxygen atoms in total. The number of aromatic nitrogens is 2. The molecular weight excluding hydrogens is 465 g/mol. The van der Waals surface area contributed by atoms with Gasteiger partial charge in [-0.1, -0.05) is 29.8 Å². The number of fused-ring (bicyclic) bond motifs is 1. The summed E-state index contributed by atoms with van der Waals surface area (Å²) in [5, 5.41) is 20.8. The van der Waals surface area contributed by atoms with Gasteiger partial charge in [0, 0.05) is 35.5 Å². The van der Waals surface area contributed by atoms with Crippen LogP contribution in [0.15, 0.2) is 66.0 Å². The fourth-order valence-corrected chi connectivity index (χ4v) is 3.87. The number of aliphatic carboxylic acids is 1. The number of rotatable bonds is 3. The number of aromatic amines is 1. The Labute approximate surface area is 197 Å². The Hall–Kier alpha value is -4.12. The lowest BCUT2D eigenvalue weighted by molar-refractivity contribution is -0.192. The maximum atomic E-state index is 12.7. The number of benzene rings is 2. The molecule has 2 aliphatic heterocycles. The van der Waals surface area contributed by atoms with Gasteiger partial charge in [-0.25, -0.2) is 4.79 Å². The van der Waals surface area contributed by atoms with E-state index in [9.17, 15) is 18.0 Å². The number of carbonyl (C=O) groups excluding carboxylic acids is 1. The second-order valence-corrected chi connectivity index (χ2v) is 7.96. The number of H-pyrrole nitrogens is 1. The summed E-state index contributed by atoms with van der Waals surface area (Å²) >= 11 is 0. The van der Waals surface area contributed by atoms with E-state index in [0.29, 0.717) is 13.1 Å². The number of hydrogen-bond donors (Lipinski definition) is 4. The van der Waals surface area contributed by atoms with Crippen molar-refractivity contribution in [2.45, 2.75) is 19.0 Å². The van der Waals surface area contributed by atoms with E-state index in [1.165, 1.54) is 5.56 Å². The van der Waals surface area contributed by atoms with E-state index in [4.69, 9.17) is 14.6 Å². The van der Waals surface area contributed by atoms with Gasteiger partial charge in [0.05, 0.1) is 6.54 Å². The molecule has 0 fully saturated rings. The summed E-state index contributed by atoms with van der Waals surface area (Å²) in [6.45, 7) is 3.03. The van der Waals surface area contributed by atoms with E-state index in [1.807, 2.05) is 61.7 Å². The predicted octanol–water partition coefficient (Wildman–Crippen LogP) is 4.13. The Morgan fingerprint density at radius 2 is 1.83 bits per heavy atom. The average Bonchev–Trinajstić information content (AvgIpc) is 3.27. The summed E-state index contributed by atoms with van der Waals surface area (Å²) in [7, 11) is 0. The van der Waals surface area contributed by atoms with Crippen LogP contribution in [0.25, 0.3) is 0 Å². The quantitative estimate of drug-likeness (QED) is 0.440. The van der Waals surface area contributed by atoms with Gasteiger partial charge >= 0.3 is 12.1 Å². The molecule has 5 rings (SSSR count). The molecule has 3 aromatic rings. The first-order valence-corrected chi connectivity index (χ1v) is 10.6. The van der Waals surface area contributed by atoms with E-state index in [-0.39, 0.29) is 11.7 Å². The molecule has 0 saturated heterocycles. The second kappa shape index (κ2) is 9.63. The number of ether oxygens (including phenoxy) is 1. The van der Waals surface area contributed by atoms with E-state index >= 15 is 0 Å². The van der Waals surface area contributed by atoms with Crippen molar-refractivity contribution in [2.24, 2.45) is 0 Å². The normalized spacial score (nSPS) is 16.9. The van der Waals surface area contributed by atoms with Crippen molar-refractivity contribution >= 4 is 17.6 Å². The van der Waals surface area contributed by atoms with Crippen LogP contribution in [-0.2, 0) is 9.59 Å². The largest absolute Gasteiger partial charge is 0.490 e. The Morgan fingerprint density at radius 1 is 1.11 bits per heavy atom. The van der Waals surface area contributed by atoms with Gasteiger partial charge in [0.25, 0.3) is 0 Å². The van der Waals surface area contributed by atoms with Crippen LogP contribution in [0.3, 0.4) is 0 Å². The van der Waals surface area contributed by atoms with E-state index in [0.717, 1.165) is 39.7 Å². The van der Waals surface area contributed by atoms with E-state index in [1.54, 1.807) is 0 Å². The topological polar surface area (TPSA) is 116 Å². The molecule has 0 aliphatic carbocycles. The minimum atomic E-state index is -5.08. The van der Waals surface area contributed by atoms with Gasteiger partial charge in [0.1, 0.15) is 11.5 Å². The summed E-state index contributed by atoms with van der Waals surface area (Å²) in [5.74, 6) is -0.516. The minimum absolute atomic E-state index is 0.107. The number of alkyl halides is 3. The zero-order chi connectivity index (χ0) is 25.2. The van der Waals surface area contributed by atoms with Crippen LogP contribution in [0, 0.1) is 6.92 Å². The highest BCUT2D eigenvalue weighted by Gasteiger charge is 2.38. The lowest BCUT2D eigenvalue weighted by Gasteiger charge is -2.31. The highest BCUT2D eigenvalue weighted by molar-refractivity contribution is 6.02. The first-order chi connectivity index (χ1) is 16.6. The summed E-state index contributed by atoms with van der Waals surface area (Å²) < 4.78 is 37.8. The first-order valence-electron chi connectivity index (χ1n) is 10.6. The number of ketones is 1. The van der Waals surface area contributed by atoms with Gasteiger partial charge in [-0.05, 0) is 36.8 Å². The number of halogens is 3. The van der Waals surface area contributed by atoms with Gasteiger partial charge in [-0.2, -0.15) is 18.3 Å². The van der Waals surface area contributed by atoms with E-state index in [2.05, 4.69) is 20.8 Å². The van der Waals surface area contributed by atoms with Crippen LogP contribution >= 0.6 is 0 Å². The molecule has 0 saturated carbocycles. The van der Waals surface area contributed by atoms with Crippen molar-refractivity contribution in [3.05, 3.63) is 82.7 Å². The zero-order valence-electron chi connectivity index (χ0n) is 18.4. The van der Waals surface area contributed by atoms with Gasteiger partial charge in [-0.3, -0.25) is 9.89 Å². The molecule has 0 radical (unpaired) electrons. The third-order valence-electron chi connectivity index (χ3n) is 5.44. The van der Waals surface area contributed by atoms with Crippen molar-refractivity contribution in [3.63, 3.8) is 0 Å². The van der Waals surface area contributed by atoms with Crippen molar-refractivity contribution in [1.29, 1.82) is 0 Å². The lowest BCUT2D eigenvalue weighted by atomic mass is 9.79. The molecule has 1 unspecified atom stereocenters. The Morgan fingerprint density at radius 3 is 2.51 bits per heavy atom. The molecule has 0 bridgehead atoms. The molecule has 0 amide bonds. The molecule has 11 heteroatoms. The number of nitrogens with zero attached hydrogens (tertiary/aromatic N) is 1. The number of Topliss-reactive ketones (excluding diaryl/α,β-unsaturated/α-hetero) is 1. The predicted molar refractivity (Wildman–Crippen MR) is 120 cm³/mol. The van der Waals surface area contributed by atoms with Crippen molar-refractivity contribution < 1.29 is 32.6 Å². The third-order valence-corrected chi connectivity index (χ3v) is 5.44. The summed E-state index contributed by atoms with van der Waals surface area (Å²) in [4.78, 5) is 21.6. The third kappa shape index (κ3) is 5.35. The summed E-state index contributed by atoms with van der Waals surface area (Å²) in [6, 6.07) is 15.9. The SMILES string of the molecule is Cc1ccc(Oc2cccc(C3C4=C(CNCC4=O)Nc4n[nH]cc43)c2)cc1.O=C(O)C(F)(F)F. The monoisotopic (exact) mass is 486 g/mol. The second-order valence-electron chi connectivity index (χ2n) is 7.96. The van der Waals surface area contributed by atoms with Crippen LogP contribution in [0.2, 0.25) is 0 Å². The number of nitrogens with one attached hydrogen (secondary N) is 3. The van der Waals surface area contributed by atoms with E-state index < -0.39 is 12.1 Å². The van der Waals surface area contributed by atoms with Crippen molar-refractivity contribution in [1.82, 2.24) is 15.5 Å². The molecule has 1 aromatic heterocycles. The van der Waals surface area contributed by atoms with Gasteiger partial charge in [0.15, 0.2) is 11.6 Å². The fraction of sp³-hybridized carbons (Fsp3) is 0.208. The van der Waals surface area contributed by atoms with Crippen LogP contribution in [0.1, 0.15) is 22.6 Å². The molecule has 182 valence electrons. The van der Waals surface area contributed by atoms with Crippen molar-refractivity contribution in [2.75, 3.05) is 18.4 Å². The number of carbonyl (C=O) groups is 2. The van der Waals surface area contributed by atoms with Gasteiger partial charge in [-0.15, -0.1) is 0 Å². The standard InChI is InChI=1S/C22H20N4O2.C2HF3O2/c1-13-5-7-15(8-6-13)28-16-4-2-3-14(9-16)20-17-10-24-26-22(17)25-18-11-23-12-19(27)21(18)20;3-2(4,5)1(6)7/h2-10,20,23H,11-12H2,1H3,(H2,24,25,26);(H,6,7).